The molecule has 0 radical (unpaired) electrons. The number of hydrogen-bond donors (Lipinski definition) is 0. The lowest BCUT2D eigenvalue weighted by Gasteiger charge is -2.28. The quantitative estimate of drug-likeness (QED) is 0.598. The minimum atomic E-state index is -0.401. The Morgan fingerprint density at radius 1 is 1.42 bits per heavy atom. The highest BCUT2D eigenvalue weighted by atomic mass is 35.5. The highest BCUT2D eigenvalue weighted by molar-refractivity contribution is 6.51. The van der Waals surface area contributed by atoms with Crippen molar-refractivity contribution in [2.45, 2.75) is 24.2 Å². The highest BCUT2D eigenvalue weighted by Gasteiger charge is 2.70. The van der Waals surface area contributed by atoms with Crippen molar-refractivity contribution >= 4 is 23.2 Å². The lowest BCUT2D eigenvalue weighted by molar-refractivity contribution is 0.211. The van der Waals surface area contributed by atoms with Crippen LogP contribution < -0.4 is 0 Å². The number of alkyl halides is 2. The molecule has 1 saturated carbocycles. The highest BCUT2D eigenvalue weighted by Crippen LogP contribution is 2.65. The van der Waals surface area contributed by atoms with Gasteiger partial charge in [-0.1, -0.05) is 13.8 Å². The van der Waals surface area contributed by atoms with Crippen molar-refractivity contribution in [1.29, 1.82) is 0 Å². The molecule has 0 aromatic rings. The summed E-state index contributed by atoms with van der Waals surface area (Å²) < 4.78 is -0.401. The number of rotatable bonds is 1. The number of likely N-dealkylation sites (tertiary alicyclic amines) is 1. The molecular formula is C9H15Cl2N. The lowest BCUT2D eigenvalue weighted by atomic mass is 10.00. The van der Waals surface area contributed by atoms with Gasteiger partial charge in [0.25, 0.3) is 0 Å². The summed E-state index contributed by atoms with van der Waals surface area (Å²) >= 11 is 12.3. The fraction of sp³-hybridized carbons (Fsp3) is 1.00. The zero-order valence-corrected chi connectivity index (χ0v) is 9.23. The second-order valence-electron chi connectivity index (χ2n) is 4.48. The van der Waals surface area contributed by atoms with Crippen molar-refractivity contribution in [3.63, 3.8) is 0 Å². The maximum atomic E-state index is 6.15. The van der Waals surface area contributed by atoms with E-state index in [0.29, 0.717) is 23.8 Å². The summed E-state index contributed by atoms with van der Waals surface area (Å²) in [7, 11) is 2.17. The van der Waals surface area contributed by atoms with Gasteiger partial charge in [-0.05, 0) is 13.0 Å². The normalized spacial score (nSPS) is 45.0. The van der Waals surface area contributed by atoms with E-state index < -0.39 is 4.33 Å². The average Bonchev–Trinajstić information content (AvgIpc) is 2.40. The SMILES string of the molecule is CC(C)C1[C@@H]2C(CN1C)C2(Cl)Cl. The Morgan fingerprint density at radius 2 is 2.00 bits per heavy atom. The van der Waals surface area contributed by atoms with Gasteiger partial charge in [-0.15, -0.1) is 23.2 Å². The van der Waals surface area contributed by atoms with Crippen molar-refractivity contribution in [2.24, 2.45) is 17.8 Å². The molecule has 0 aromatic carbocycles. The fourth-order valence-corrected chi connectivity index (χ4v) is 3.59. The molecule has 2 unspecified atom stereocenters. The van der Waals surface area contributed by atoms with Gasteiger partial charge in [0.05, 0.1) is 0 Å². The summed E-state index contributed by atoms with van der Waals surface area (Å²) in [6.45, 7) is 5.55. The summed E-state index contributed by atoms with van der Waals surface area (Å²) in [5, 5.41) is 0. The van der Waals surface area contributed by atoms with E-state index in [9.17, 15) is 0 Å². The number of hydrogen-bond acceptors (Lipinski definition) is 1. The van der Waals surface area contributed by atoms with Crippen LogP contribution in [0.5, 0.6) is 0 Å². The van der Waals surface area contributed by atoms with Crippen LogP contribution in [-0.2, 0) is 0 Å². The molecule has 1 aliphatic carbocycles. The van der Waals surface area contributed by atoms with Crippen LogP contribution in [-0.4, -0.2) is 28.9 Å². The second-order valence-corrected chi connectivity index (χ2v) is 5.93. The Bertz CT molecular complexity index is 203. The van der Waals surface area contributed by atoms with Crippen molar-refractivity contribution in [3.8, 4) is 0 Å². The molecule has 0 amide bonds. The average molecular weight is 208 g/mol. The maximum absolute atomic E-state index is 6.15. The topological polar surface area (TPSA) is 3.24 Å². The number of piperidine rings is 1. The van der Waals surface area contributed by atoms with E-state index in [-0.39, 0.29) is 0 Å². The third-order valence-corrected chi connectivity index (χ3v) is 4.37. The number of halogens is 2. The Labute approximate surface area is 84.0 Å². The van der Waals surface area contributed by atoms with Crippen molar-refractivity contribution < 1.29 is 0 Å². The van der Waals surface area contributed by atoms with Crippen molar-refractivity contribution in [2.75, 3.05) is 13.6 Å². The van der Waals surface area contributed by atoms with Gasteiger partial charge in [0.2, 0.25) is 0 Å². The van der Waals surface area contributed by atoms with E-state index in [1.807, 2.05) is 0 Å². The first kappa shape index (κ1) is 9.11. The Balaban J connectivity index is 2.13. The van der Waals surface area contributed by atoms with Crippen LogP contribution in [0.15, 0.2) is 0 Å². The summed E-state index contributed by atoms with van der Waals surface area (Å²) in [5.41, 5.74) is 0. The predicted molar refractivity (Wildman–Crippen MR) is 52.7 cm³/mol. The first-order valence-electron chi connectivity index (χ1n) is 4.54. The van der Waals surface area contributed by atoms with Gasteiger partial charge in [-0.2, -0.15) is 0 Å². The third-order valence-electron chi connectivity index (χ3n) is 3.31. The van der Waals surface area contributed by atoms with Crippen LogP contribution in [0, 0.1) is 17.8 Å². The van der Waals surface area contributed by atoms with Crippen LogP contribution in [0.3, 0.4) is 0 Å². The second kappa shape index (κ2) is 2.52. The van der Waals surface area contributed by atoms with Gasteiger partial charge in [-0.3, -0.25) is 0 Å². The van der Waals surface area contributed by atoms with E-state index in [2.05, 4.69) is 25.8 Å². The molecule has 70 valence electrons. The first-order chi connectivity index (χ1) is 5.46. The minimum Gasteiger partial charge on any atom is -0.302 e. The molecule has 2 fully saturated rings. The Hall–Kier alpha value is 0.540. The molecule has 1 heterocycles. The zero-order valence-electron chi connectivity index (χ0n) is 7.72. The molecule has 1 nitrogen and oxygen atoms in total. The molecule has 0 aromatic heterocycles. The summed E-state index contributed by atoms with van der Waals surface area (Å²) in [4.78, 5) is 2.39. The Morgan fingerprint density at radius 3 is 2.33 bits per heavy atom. The molecule has 0 spiro atoms. The van der Waals surface area contributed by atoms with E-state index in [1.54, 1.807) is 0 Å². The summed E-state index contributed by atoms with van der Waals surface area (Å²) in [6.07, 6.45) is 0. The first-order valence-corrected chi connectivity index (χ1v) is 5.30. The molecule has 1 aliphatic heterocycles. The molecule has 12 heavy (non-hydrogen) atoms. The maximum Gasteiger partial charge on any atom is 0.127 e. The van der Waals surface area contributed by atoms with Gasteiger partial charge in [0.15, 0.2) is 0 Å². The van der Waals surface area contributed by atoms with Crippen LogP contribution in [0.1, 0.15) is 13.8 Å². The zero-order chi connectivity index (χ0) is 9.09. The van der Waals surface area contributed by atoms with Gasteiger partial charge < -0.3 is 4.90 Å². The molecule has 3 atom stereocenters. The van der Waals surface area contributed by atoms with Crippen LogP contribution in [0.4, 0.5) is 0 Å². The largest absolute Gasteiger partial charge is 0.302 e. The number of nitrogens with zero attached hydrogens (tertiary/aromatic N) is 1. The smallest absolute Gasteiger partial charge is 0.127 e. The van der Waals surface area contributed by atoms with Gasteiger partial charge in [-0.25, -0.2) is 0 Å². The van der Waals surface area contributed by atoms with E-state index in [0.717, 1.165) is 6.54 Å². The predicted octanol–water partition coefficient (Wildman–Crippen LogP) is 2.38. The molecule has 0 bridgehead atoms. The van der Waals surface area contributed by atoms with Crippen molar-refractivity contribution in [1.82, 2.24) is 4.90 Å². The molecule has 1 saturated heterocycles. The lowest BCUT2D eigenvalue weighted by Crippen LogP contribution is -2.37. The van der Waals surface area contributed by atoms with E-state index in [1.165, 1.54) is 0 Å². The minimum absolute atomic E-state index is 0.401. The molecular weight excluding hydrogens is 193 g/mol. The molecule has 0 N–H and O–H groups in total. The summed E-state index contributed by atoms with van der Waals surface area (Å²) in [6, 6.07) is 0.588. The van der Waals surface area contributed by atoms with Crippen LogP contribution >= 0.6 is 23.2 Å². The third kappa shape index (κ3) is 1.03. The molecule has 3 heteroatoms. The summed E-state index contributed by atoms with van der Waals surface area (Å²) in [5.74, 6) is 1.70. The molecule has 2 aliphatic rings. The molecule has 2 rings (SSSR count). The van der Waals surface area contributed by atoms with Crippen molar-refractivity contribution in [3.05, 3.63) is 0 Å². The fourth-order valence-electron chi connectivity index (χ4n) is 2.75. The van der Waals surface area contributed by atoms with Gasteiger partial charge in [0.1, 0.15) is 4.33 Å². The van der Waals surface area contributed by atoms with E-state index >= 15 is 0 Å². The van der Waals surface area contributed by atoms with Crippen LogP contribution in [0.25, 0.3) is 0 Å². The Kier molecular flexibility index (Phi) is 1.92. The monoisotopic (exact) mass is 207 g/mol. The standard InChI is InChI=1S/C9H15Cl2N/c1-5(2)8-7-6(4-12(8)3)9(7,10)11/h5-8H,4H2,1-3H3/t6?,7-,8?/m0/s1. The van der Waals surface area contributed by atoms with Gasteiger partial charge in [0, 0.05) is 24.4 Å². The number of fused-ring (bicyclic) bond motifs is 1. The van der Waals surface area contributed by atoms with E-state index in [4.69, 9.17) is 23.2 Å². The van der Waals surface area contributed by atoms with Crippen LogP contribution in [0.2, 0.25) is 0 Å². The van der Waals surface area contributed by atoms with Gasteiger partial charge >= 0.3 is 0 Å².